The molecule has 2 heterocycles. The summed E-state index contributed by atoms with van der Waals surface area (Å²) >= 11 is 0. The van der Waals surface area contributed by atoms with Crippen molar-refractivity contribution in [3.63, 3.8) is 0 Å². The fraction of sp³-hybridized carbons (Fsp3) is 0.312. The molecule has 0 aliphatic rings. The van der Waals surface area contributed by atoms with E-state index >= 15 is 0 Å². The smallest absolute Gasteiger partial charge is 0.0907 e. The Balaban J connectivity index is 1.73. The van der Waals surface area contributed by atoms with Crippen LogP contribution in [-0.4, -0.2) is 19.7 Å². The van der Waals surface area contributed by atoms with Crippen molar-refractivity contribution in [3.8, 4) is 0 Å². The van der Waals surface area contributed by atoms with Crippen molar-refractivity contribution in [1.82, 2.24) is 19.7 Å². The van der Waals surface area contributed by atoms with Crippen molar-refractivity contribution in [3.05, 3.63) is 48.5 Å². The number of benzene rings is 1. The third-order valence-corrected chi connectivity index (χ3v) is 3.29. The molecule has 0 spiro atoms. The zero-order valence-electron chi connectivity index (χ0n) is 12.5. The molecule has 0 unspecified atom stereocenters. The molecular weight excluding hydrogens is 262 g/mol. The van der Waals surface area contributed by atoms with Gasteiger partial charge in [0.05, 0.1) is 22.8 Å². The highest BCUT2D eigenvalue weighted by atomic mass is 15.3. The van der Waals surface area contributed by atoms with Crippen molar-refractivity contribution >= 4 is 16.7 Å². The molecule has 0 aliphatic carbocycles. The second kappa shape index (κ2) is 5.16. The van der Waals surface area contributed by atoms with Gasteiger partial charge >= 0.3 is 0 Å². The number of aromatic nitrogens is 4. The van der Waals surface area contributed by atoms with E-state index in [1.54, 1.807) is 12.4 Å². The zero-order chi connectivity index (χ0) is 14.9. The summed E-state index contributed by atoms with van der Waals surface area (Å²) in [7, 11) is 0. The predicted molar refractivity (Wildman–Crippen MR) is 84.1 cm³/mol. The molecule has 21 heavy (non-hydrogen) atoms. The Labute approximate surface area is 124 Å². The monoisotopic (exact) mass is 281 g/mol. The van der Waals surface area contributed by atoms with Crippen LogP contribution in [0.3, 0.4) is 0 Å². The van der Waals surface area contributed by atoms with Crippen LogP contribution in [0.2, 0.25) is 0 Å². The number of anilines is 1. The summed E-state index contributed by atoms with van der Waals surface area (Å²) in [5.41, 5.74) is 4.00. The zero-order valence-corrected chi connectivity index (χ0v) is 12.5. The maximum absolute atomic E-state index is 4.40. The quantitative estimate of drug-likeness (QED) is 0.801. The van der Waals surface area contributed by atoms with Crippen LogP contribution in [0.15, 0.2) is 43.0 Å². The van der Waals surface area contributed by atoms with Crippen molar-refractivity contribution in [2.24, 2.45) is 0 Å². The summed E-state index contributed by atoms with van der Waals surface area (Å²) in [6.45, 7) is 7.15. The highest BCUT2D eigenvalue weighted by molar-refractivity contribution is 5.78. The minimum absolute atomic E-state index is 0.0107. The highest BCUT2D eigenvalue weighted by Gasteiger charge is 2.13. The Morgan fingerprint density at radius 3 is 2.57 bits per heavy atom. The van der Waals surface area contributed by atoms with E-state index in [-0.39, 0.29) is 5.54 Å². The molecule has 108 valence electrons. The number of hydrogen-bond acceptors (Lipinski definition) is 4. The van der Waals surface area contributed by atoms with Crippen LogP contribution in [0.5, 0.6) is 0 Å². The molecule has 2 aromatic heterocycles. The van der Waals surface area contributed by atoms with E-state index in [0.29, 0.717) is 0 Å². The Bertz CT molecular complexity index is 754. The molecule has 3 aromatic rings. The van der Waals surface area contributed by atoms with Gasteiger partial charge in [-0.25, -0.2) is 0 Å². The number of hydrogen-bond donors (Lipinski definition) is 1. The molecule has 0 saturated heterocycles. The lowest BCUT2D eigenvalue weighted by Crippen LogP contribution is -2.21. The Morgan fingerprint density at radius 2 is 1.86 bits per heavy atom. The molecule has 0 fully saturated rings. The maximum atomic E-state index is 4.40. The van der Waals surface area contributed by atoms with Gasteiger partial charge in [0, 0.05) is 36.4 Å². The largest absolute Gasteiger partial charge is 0.381 e. The van der Waals surface area contributed by atoms with Gasteiger partial charge in [-0.1, -0.05) is 0 Å². The molecule has 0 aliphatic heterocycles. The first-order valence-corrected chi connectivity index (χ1v) is 7.01. The number of rotatable bonds is 3. The van der Waals surface area contributed by atoms with Crippen LogP contribution in [0.1, 0.15) is 26.3 Å². The van der Waals surface area contributed by atoms with E-state index in [9.17, 15) is 0 Å². The van der Waals surface area contributed by atoms with E-state index in [2.05, 4.69) is 47.4 Å². The first-order chi connectivity index (χ1) is 10.0. The molecule has 3 rings (SSSR count). The van der Waals surface area contributed by atoms with Crippen molar-refractivity contribution in [1.29, 1.82) is 0 Å². The molecule has 0 radical (unpaired) electrons. The van der Waals surface area contributed by atoms with Crippen LogP contribution >= 0.6 is 0 Å². The SMILES string of the molecule is CC(C)(C)n1cc(CNc2ccc3nccnc3c2)cn1. The summed E-state index contributed by atoms with van der Waals surface area (Å²) in [6.07, 6.45) is 7.39. The molecule has 1 aromatic carbocycles. The average molecular weight is 281 g/mol. The molecule has 0 atom stereocenters. The number of nitrogens with one attached hydrogen (secondary N) is 1. The molecule has 0 amide bonds. The van der Waals surface area contributed by atoms with Crippen LogP contribution in [0.4, 0.5) is 5.69 Å². The van der Waals surface area contributed by atoms with Crippen molar-refractivity contribution < 1.29 is 0 Å². The highest BCUT2D eigenvalue weighted by Crippen LogP contribution is 2.17. The van der Waals surface area contributed by atoms with Gasteiger partial charge in [-0.15, -0.1) is 0 Å². The summed E-state index contributed by atoms with van der Waals surface area (Å²) in [6, 6.07) is 6.00. The lowest BCUT2D eigenvalue weighted by molar-refractivity contribution is 0.355. The number of nitrogens with zero attached hydrogens (tertiary/aromatic N) is 4. The third kappa shape index (κ3) is 3.02. The van der Waals surface area contributed by atoms with E-state index in [1.807, 2.05) is 29.1 Å². The summed E-state index contributed by atoms with van der Waals surface area (Å²) in [4.78, 5) is 8.58. The van der Waals surface area contributed by atoms with E-state index in [1.165, 1.54) is 0 Å². The summed E-state index contributed by atoms with van der Waals surface area (Å²) < 4.78 is 1.98. The summed E-state index contributed by atoms with van der Waals surface area (Å²) in [5.74, 6) is 0. The van der Waals surface area contributed by atoms with Crippen LogP contribution in [0, 0.1) is 0 Å². The van der Waals surface area contributed by atoms with Gasteiger partial charge in [0.2, 0.25) is 0 Å². The van der Waals surface area contributed by atoms with Gasteiger partial charge in [0.15, 0.2) is 0 Å². The second-order valence-corrected chi connectivity index (χ2v) is 6.08. The van der Waals surface area contributed by atoms with Gasteiger partial charge in [-0.05, 0) is 39.0 Å². The first kappa shape index (κ1) is 13.5. The van der Waals surface area contributed by atoms with Crippen LogP contribution < -0.4 is 5.32 Å². The Hall–Kier alpha value is -2.43. The van der Waals surface area contributed by atoms with E-state index in [4.69, 9.17) is 0 Å². The van der Waals surface area contributed by atoms with Gasteiger partial charge < -0.3 is 5.32 Å². The maximum Gasteiger partial charge on any atom is 0.0907 e. The van der Waals surface area contributed by atoms with Crippen molar-refractivity contribution in [2.75, 3.05) is 5.32 Å². The van der Waals surface area contributed by atoms with Crippen LogP contribution in [-0.2, 0) is 12.1 Å². The minimum Gasteiger partial charge on any atom is -0.381 e. The first-order valence-electron chi connectivity index (χ1n) is 7.01. The van der Waals surface area contributed by atoms with Crippen LogP contribution in [0.25, 0.3) is 11.0 Å². The van der Waals surface area contributed by atoms with E-state index < -0.39 is 0 Å². The second-order valence-electron chi connectivity index (χ2n) is 6.08. The number of fused-ring (bicyclic) bond motifs is 1. The van der Waals surface area contributed by atoms with Gasteiger partial charge in [0.25, 0.3) is 0 Å². The Morgan fingerprint density at radius 1 is 1.10 bits per heavy atom. The lowest BCUT2D eigenvalue weighted by Gasteiger charge is -2.18. The molecular formula is C16H19N5. The topological polar surface area (TPSA) is 55.6 Å². The fourth-order valence-electron chi connectivity index (χ4n) is 2.10. The van der Waals surface area contributed by atoms with Gasteiger partial charge in [-0.2, -0.15) is 5.10 Å². The standard InChI is InChI=1S/C16H19N5/c1-16(2,3)21-11-12(10-20-21)9-19-13-4-5-14-15(8-13)18-7-6-17-14/h4-8,10-11,19H,9H2,1-3H3. The predicted octanol–water partition coefficient (Wildman–Crippen LogP) is 3.19. The lowest BCUT2D eigenvalue weighted by atomic mass is 10.1. The molecule has 5 heteroatoms. The van der Waals surface area contributed by atoms with E-state index in [0.717, 1.165) is 28.8 Å². The minimum atomic E-state index is 0.0107. The van der Waals surface area contributed by atoms with Crippen molar-refractivity contribution in [2.45, 2.75) is 32.9 Å². The molecule has 5 nitrogen and oxygen atoms in total. The fourth-order valence-corrected chi connectivity index (χ4v) is 2.10. The Kier molecular flexibility index (Phi) is 3.33. The third-order valence-electron chi connectivity index (χ3n) is 3.29. The normalized spacial score (nSPS) is 11.8. The summed E-state index contributed by atoms with van der Waals surface area (Å²) in [5, 5.41) is 7.80. The average Bonchev–Trinajstić information content (AvgIpc) is 2.94. The van der Waals surface area contributed by atoms with Gasteiger partial charge in [0.1, 0.15) is 0 Å². The molecule has 0 saturated carbocycles. The van der Waals surface area contributed by atoms with Gasteiger partial charge in [-0.3, -0.25) is 14.6 Å². The molecule has 1 N–H and O–H groups in total. The molecule has 0 bridgehead atoms.